The molecule has 1 unspecified atom stereocenters. The predicted molar refractivity (Wildman–Crippen MR) is 107 cm³/mol. The number of nitrogens with one attached hydrogen (secondary N) is 3. The van der Waals surface area contributed by atoms with Crippen LogP contribution in [0.15, 0.2) is 29.3 Å². The van der Waals surface area contributed by atoms with Gasteiger partial charge in [0.15, 0.2) is 5.96 Å². The summed E-state index contributed by atoms with van der Waals surface area (Å²) < 4.78 is 5.12. The highest BCUT2D eigenvalue weighted by Crippen LogP contribution is 2.21. The number of ether oxygens (including phenoxy) is 1. The van der Waals surface area contributed by atoms with Crippen molar-refractivity contribution in [3.63, 3.8) is 0 Å². The molecule has 0 saturated carbocycles. The Kier molecular flexibility index (Phi) is 8.96. The first-order chi connectivity index (χ1) is 12.2. The van der Waals surface area contributed by atoms with E-state index in [4.69, 9.17) is 4.74 Å². The van der Waals surface area contributed by atoms with Gasteiger partial charge in [-0.15, -0.1) is 0 Å². The number of guanidine groups is 1. The van der Waals surface area contributed by atoms with E-state index in [0.29, 0.717) is 24.0 Å². The van der Waals surface area contributed by atoms with E-state index in [1.807, 2.05) is 24.3 Å². The lowest BCUT2D eigenvalue weighted by molar-refractivity contribution is -0.120. The number of hydrogen-bond acceptors (Lipinski definition) is 3. The summed E-state index contributed by atoms with van der Waals surface area (Å²) in [6.07, 6.45) is 2.17. The van der Waals surface area contributed by atoms with Crippen LogP contribution in [-0.2, 0) is 11.3 Å². The number of carbonyl (C=O) groups excluding carboxylic acids is 1. The summed E-state index contributed by atoms with van der Waals surface area (Å²) in [5.41, 5.74) is 1.34. The van der Waals surface area contributed by atoms with Crippen LogP contribution in [0.5, 0.6) is 5.75 Å². The second kappa shape index (κ2) is 10.7. The summed E-state index contributed by atoms with van der Waals surface area (Å²) in [5.74, 6) is 1.37. The van der Waals surface area contributed by atoms with E-state index < -0.39 is 0 Å². The summed E-state index contributed by atoms with van der Waals surface area (Å²) in [7, 11) is 3.34. The zero-order valence-electron chi connectivity index (χ0n) is 17.0. The summed E-state index contributed by atoms with van der Waals surface area (Å²) in [6.45, 7) is 9.50. The topological polar surface area (TPSA) is 74.8 Å². The standard InChI is InChI=1S/C20H34N4O2/c1-15(11-12-20(2,3)4)24-19(21-5)23-14-18(25)22-13-16-7-9-17(26-6)10-8-16/h7-10,15H,11-14H2,1-6H3,(H,22,25)(H2,21,23,24). The lowest BCUT2D eigenvalue weighted by Gasteiger charge is -2.23. The molecule has 146 valence electrons. The van der Waals surface area contributed by atoms with Gasteiger partial charge in [-0.25, -0.2) is 0 Å². The van der Waals surface area contributed by atoms with Crippen LogP contribution in [0.2, 0.25) is 0 Å². The lowest BCUT2D eigenvalue weighted by atomic mass is 9.89. The van der Waals surface area contributed by atoms with Crippen LogP contribution < -0.4 is 20.7 Å². The smallest absolute Gasteiger partial charge is 0.239 e. The van der Waals surface area contributed by atoms with Gasteiger partial charge in [-0.3, -0.25) is 9.79 Å². The molecule has 1 rings (SSSR count). The fourth-order valence-electron chi connectivity index (χ4n) is 2.32. The number of aliphatic imine (C=N–C) groups is 1. The highest BCUT2D eigenvalue weighted by molar-refractivity contribution is 5.86. The predicted octanol–water partition coefficient (Wildman–Crippen LogP) is 2.69. The van der Waals surface area contributed by atoms with Gasteiger partial charge >= 0.3 is 0 Å². The van der Waals surface area contributed by atoms with Crippen molar-refractivity contribution in [1.82, 2.24) is 16.0 Å². The van der Waals surface area contributed by atoms with Gasteiger partial charge in [-0.05, 0) is 42.9 Å². The number of hydrogen-bond donors (Lipinski definition) is 3. The van der Waals surface area contributed by atoms with Crippen LogP contribution in [0.1, 0.15) is 46.1 Å². The molecule has 0 spiro atoms. The van der Waals surface area contributed by atoms with Crippen molar-refractivity contribution in [2.24, 2.45) is 10.4 Å². The number of nitrogens with zero attached hydrogens (tertiary/aromatic N) is 1. The molecule has 26 heavy (non-hydrogen) atoms. The van der Waals surface area contributed by atoms with Crippen molar-refractivity contribution in [3.8, 4) is 5.75 Å². The van der Waals surface area contributed by atoms with Gasteiger partial charge in [0, 0.05) is 19.6 Å². The monoisotopic (exact) mass is 362 g/mol. The number of benzene rings is 1. The summed E-state index contributed by atoms with van der Waals surface area (Å²) in [4.78, 5) is 16.2. The molecule has 3 N–H and O–H groups in total. The van der Waals surface area contributed by atoms with Crippen molar-refractivity contribution in [1.29, 1.82) is 0 Å². The molecule has 0 aliphatic heterocycles. The molecule has 0 aliphatic carbocycles. The third-order valence-corrected chi connectivity index (χ3v) is 4.00. The Morgan fingerprint density at radius 1 is 1.19 bits per heavy atom. The summed E-state index contributed by atoms with van der Waals surface area (Å²) in [6, 6.07) is 7.92. The third kappa shape index (κ3) is 9.30. The first-order valence-electron chi connectivity index (χ1n) is 9.10. The number of amides is 1. The van der Waals surface area contributed by atoms with Crippen molar-refractivity contribution in [2.45, 2.75) is 53.1 Å². The molecule has 1 aromatic carbocycles. The fourth-order valence-corrected chi connectivity index (χ4v) is 2.32. The molecule has 0 radical (unpaired) electrons. The van der Waals surface area contributed by atoms with E-state index >= 15 is 0 Å². The number of carbonyl (C=O) groups is 1. The van der Waals surface area contributed by atoms with Crippen LogP contribution in [0.3, 0.4) is 0 Å². The van der Waals surface area contributed by atoms with Gasteiger partial charge in [-0.2, -0.15) is 0 Å². The number of methoxy groups -OCH3 is 1. The Bertz CT molecular complexity index is 576. The van der Waals surface area contributed by atoms with Crippen LogP contribution in [0.4, 0.5) is 0 Å². The first kappa shape index (κ1) is 21.8. The van der Waals surface area contributed by atoms with E-state index in [2.05, 4.69) is 48.6 Å². The van der Waals surface area contributed by atoms with Crippen molar-refractivity contribution in [3.05, 3.63) is 29.8 Å². The third-order valence-electron chi connectivity index (χ3n) is 4.00. The normalized spacial score (nSPS) is 13.1. The van der Waals surface area contributed by atoms with E-state index in [0.717, 1.165) is 24.2 Å². The van der Waals surface area contributed by atoms with Crippen LogP contribution in [0.25, 0.3) is 0 Å². The zero-order valence-corrected chi connectivity index (χ0v) is 17.0. The second-order valence-electron chi connectivity index (χ2n) is 7.70. The fraction of sp³-hybridized carbons (Fsp3) is 0.600. The first-order valence-corrected chi connectivity index (χ1v) is 9.10. The molecule has 0 saturated heterocycles. The van der Waals surface area contributed by atoms with Gasteiger partial charge < -0.3 is 20.7 Å². The van der Waals surface area contributed by atoms with Crippen LogP contribution in [-0.4, -0.2) is 38.6 Å². The Hall–Kier alpha value is -2.24. The average molecular weight is 363 g/mol. The minimum atomic E-state index is -0.0777. The Morgan fingerprint density at radius 3 is 2.38 bits per heavy atom. The molecule has 0 fully saturated rings. The maximum Gasteiger partial charge on any atom is 0.239 e. The minimum absolute atomic E-state index is 0.0777. The maximum absolute atomic E-state index is 12.0. The Balaban J connectivity index is 2.32. The van der Waals surface area contributed by atoms with Gasteiger partial charge in [0.1, 0.15) is 5.75 Å². The molecule has 0 aliphatic rings. The van der Waals surface area contributed by atoms with E-state index in [9.17, 15) is 4.79 Å². The van der Waals surface area contributed by atoms with Crippen LogP contribution in [0, 0.1) is 5.41 Å². The lowest BCUT2D eigenvalue weighted by Crippen LogP contribution is -2.46. The van der Waals surface area contributed by atoms with E-state index in [1.54, 1.807) is 14.2 Å². The quantitative estimate of drug-likeness (QED) is 0.491. The SMILES string of the molecule is CN=C(NCC(=O)NCc1ccc(OC)cc1)NC(C)CCC(C)(C)C. The molecule has 0 heterocycles. The highest BCUT2D eigenvalue weighted by atomic mass is 16.5. The molecule has 1 atom stereocenters. The Morgan fingerprint density at radius 2 is 1.85 bits per heavy atom. The van der Waals surface area contributed by atoms with Crippen molar-refractivity contribution >= 4 is 11.9 Å². The maximum atomic E-state index is 12.0. The van der Waals surface area contributed by atoms with Crippen molar-refractivity contribution in [2.75, 3.05) is 20.7 Å². The van der Waals surface area contributed by atoms with Gasteiger partial charge in [0.25, 0.3) is 0 Å². The van der Waals surface area contributed by atoms with E-state index in [-0.39, 0.29) is 12.5 Å². The molecule has 1 aromatic rings. The molecular weight excluding hydrogens is 328 g/mol. The largest absolute Gasteiger partial charge is 0.497 e. The molecule has 0 aromatic heterocycles. The molecule has 0 bridgehead atoms. The van der Waals surface area contributed by atoms with E-state index in [1.165, 1.54) is 0 Å². The van der Waals surface area contributed by atoms with Gasteiger partial charge in [0.2, 0.25) is 5.91 Å². The molecule has 6 nitrogen and oxygen atoms in total. The average Bonchev–Trinajstić information content (AvgIpc) is 2.61. The Labute approximate surface area is 157 Å². The zero-order chi connectivity index (χ0) is 19.6. The van der Waals surface area contributed by atoms with Gasteiger partial charge in [-0.1, -0.05) is 32.9 Å². The summed E-state index contributed by atoms with van der Waals surface area (Å²) >= 11 is 0. The highest BCUT2D eigenvalue weighted by Gasteiger charge is 2.13. The minimum Gasteiger partial charge on any atom is -0.497 e. The van der Waals surface area contributed by atoms with Crippen LogP contribution >= 0.6 is 0 Å². The molecule has 6 heteroatoms. The molecular formula is C20H34N4O2. The molecule has 1 amide bonds. The van der Waals surface area contributed by atoms with Gasteiger partial charge in [0.05, 0.1) is 13.7 Å². The van der Waals surface area contributed by atoms with Crippen molar-refractivity contribution < 1.29 is 9.53 Å². The second-order valence-corrected chi connectivity index (χ2v) is 7.70. The summed E-state index contributed by atoms with van der Waals surface area (Å²) in [5, 5.41) is 9.27. The number of rotatable bonds is 8.